The molecule has 1 atom stereocenters. The number of rotatable bonds is 2. The molecule has 2 rings (SSSR count). The molecule has 0 bridgehead atoms. The molecule has 0 saturated heterocycles. The first kappa shape index (κ1) is 18.8. The summed E-state index contributed by atoms with van der Waals surface area (Å²) < 4.78 is 76.4. The van der Waals surface area contributed by atoms with Crippen LogP contribution in [0.1, 0.15) is 27.6 Å². The summed E-state index contributed by atoms with van der Waals surface area (Å²) in [6.45, 7) is 0. The fraction of sp³-hybridized carbons (Fsp3) is 0.231. The minimum Gasteiger partial charge on any atom is -0.320 e. The first-order valence-electron chi connectivity index (χ1n) is 5.67. The van der Waals surface area contributed by atoms with Crippen molar-refractivity contribution in [3.63, 3.8) is 0 Å². The second kappa shape index (κ2) is 6.47. The smallest absolute Gasteiger partial charge is 0.320 e. The van der Waals surface area contributed by atoms with E-state index in [2.05, 4.69) is 0 Å². The molecule has 0 aliphatic carbocycles. The third kappa shape index (κ3) is 4.15. The van der Waals surface area contributed by atoms with E-state index in [4.69, 9.17) is 5.73 Å². The molecule has 1 aromatic heterocycles. The summed E-state index contributed by atoms with van der Waals surface area (Å²) >= 11 is 1.17. The average Bonchev–Trinajstić information content (AvgIpc) is 2.89. The largest absolute Gasteiger partial charge is 0.416 e. The monoisotopic (exact) mass is 361 g/mol. The van der Waals surface area contributed by atoms with Crippen LogP contribution in [-0.4, -0.2) is 0 Å². The van der Waals surface area contributed by atoms with Crippen molar-refractivity contribution in [1.82, 2.24) is 0 Å². The van der Waals surface area contributed by atoms with E-state index in [0.717, 1.165) is 0 Å². The zero-order valence-corrected chi connectivity index (χ0v) is 12.3. The third-order valence-corrected chi connectivity index (χ3v) is 3.77. The van der Waals surface area contributed by atoms with Crippen LogP contribution in [0.2, 0.25) is 0 Å². The number of nitrogens with two attached hydrogens (primary N) is 1. The summed E-state index contributed by atoms with van der Waals surface area (Å²) in [5.74, 6) is 0. The number of hydrogen-bond acceptors (Lipinski definition) is 2. The molecule has 0 saturated carbocycles. The molecule has 0 fully saturated rings. The van der Waals surface area contributed by atoms with E-state index in [-0.39, 0.29) is 24.0 Å². The van der Waals surface area contributed by atoms with Crippen LogP contribution in [0.5, 0.6) is 0 Å². The number of benzene rings is 1. The van der Waals surface area contributed by atoms with Crippen LogP contribution in [-0.2, 0) is 12.4 Å². The Hall–Kier alpha value is -1.25. The van der Waals surface area contributed by atoms with Gasteiger partial charge in [-0.2, -0.15) is 26.3 Å². The van der Waals surface area contributed by atoms with Crippen LogP contribution < -0.4 is 5.73 Å². The van der Waals surface area contributed by atoms with Crippen molar-refractivity contribution in [2.24, 2.45) is 5.73 Å². The minimum atomic E-state index is -4.87. The minimum absolute atomic E-state index is 0. The van der Waals surface area contributed by atoms with Gasteiger partial charge in [-0.3, -0.25) is 0 Å². The van der Waals surface area contributed by atoms with Gasteiger partial charge < -0.3 is 5.73 Å². The Balaban J connectivity index is 0.00000242. The van der Waals surface area contributed by atoms with E-state index in [1.165, 1.54) is 11.3 Å². The predicted octanol–water partition coefficient (Wildman–Crippen LogP) is 5.26. The summed E-state index contributed by atoms with van der Waals surface area (Å²) in [4.78, 5) is 0.488. The third-order valence-electron chi connectivity index (χ3n) is 2.82. The molecule has 0 amide bonds. The van der Waals surface area contributed by atoms with Gasteiger partial charge in [-0.25, -0.2) is 0 Å². The van der Waals surface area contributed by atoms with Crippen molar-refractivity contribution in [2.45, 2.75) is 18.4 Å². The molecular weight excluding hydrogens is 352 g/mol. The van der Waals surface area contributed by atoms with E-state index in [1.807, 2.05) is 0 Å². The molecule has 22 heavy (non-hydrogen) atoms. The lowest BCUT2D eigenvalue weighted by molar-refractivity contribution is -0.143. The van der Waals surface area contributed by atoms with Gasteiger partial charge in [0.15, 0.2) is 0 Å². The standard InChI is InChI=1S/C13H9F6NS.ClH/c14-12(15,16)8-4-7(5-9(6-8)13(17,18)19)11(20)10-2-1-3-21-10;/h1-6,11H,20H2;1H/t11-;/m0./s1. The second-order valence-corrected chi connectivity index (χ2v) is 5.31. The van der Waals surface area contributed by atoms with Gasteiger partial charge in [0.1, 0.15) is 0 Å². The Morgan fingerprint density at radius 3 is 1.77 bits per heavy atom. The van der Waals surface area contributed by atoms with Crippen molar-refractivity contribution in [3.8, 4) is 0 Å². The Morgan fingerprint density at radius 2 is 1.41 bits per heavy atom. The van der Waals surface area contributed by atoms with Gasteiger partial charge in [0, 0.05) is 4.88 Å². The van der Waals surface area contributed by atoms with Gasteiger partial charge in [-0.05, 0) is 35.2 Å². The van der Waals surface area contributed by atoms with E-state index >= 15 is 0 Å². The van der Waals surface area contributed by atoms with Crippen LogP contribution in [0.15, 0.2) is 35.7 Å². The second-order valence-electron chi connectivity index (χ2n) is 4.33. The maximum atomic E-state index is 12.7. The number of thiophene rings is 1. The highest BCUT2D eigenvalue weighted by molar-refractivity contribution is 7.10. The maximum absolute atomic E-state index is 12.7. The van der Waals surface area contributed by atoms with Crippen LogP contribution in [0.4, 0.5) is 26.3 Å². The summed E-state index contributed by atoms with van der Waals surface area (Å²) in [5.41, 5.74) is 2.81. The Kier molecular flexibility index (Phi) is 5.53. The van der Waals surface area contributed by atoms with Gasteiger partial charge >= 0.3 is 12.4 Å². The first-order chi connectivity index (χ1) is 9.59. The lowest BCUT2D eigenvalue weighted by atomic mass is 9.99. The highest BCUT2D eigenvalue weighted by Crippen LogP contribution is 2.38. The number of alkyl halides is 6. The van der Waals surface area contributed by atoms with Gasteiger partial charge in [0.2, 0.25) is 0 Å². The topological polar surface area (TPSA) is 26.0 Å². The van der Waals surface area contributed by atoms with Crippen molar-refractivity contribution in [2.75, 3.05) is 0 Å². The van der Waals surface area contributed by atoms with Crippen LogP contribution in [0, 0.1) is 0 Å². The summed E-state index contributed by atoms with van der Waals surface area (Å²) in [7, 11) is 0. The molecule has 122 valence electrons. The molecule has 1 heterocycles. The van der Waals surface area contributed by atoms with Crippen molar-refractivity contribution >= 4 is 23.7 Å². The van der Waals surface area contributed by atoms with Gasteiger partial charge in [-0.15, -0.1) is 23.7 Å². The maximum Gasteiger partial charge on any atom is 0.416 e. The Labute approximate surface area is 132 Å². The molecule has 2 aromatic rings. The zero-order chi connectivity index (χ0) is 15.8. The molecule has 1 nitrogen and oxygen atoms in total. The highest BCUT2D eigenvalue weighted by Gasteiger charge is 2.37. The van der Waals surface area contributed by atoms with E-state index in [1.54, 1.807) is 17.5 Å². The van der Waals surface area contributed by atoms with Crippen LogP contribution >= 0.6 is 23.7 Å². The van der Waals surface area contributed by atoms with Crippen molar-refractivity contribution < 1.29 is 26.3 Å². The summed E-state index contributed by atoms with van der Waals surface area (Å²) in [6, 6.07) is 3.54. The lowest BCUT2D eigenvalue weighted by Gasteiger charge is -2.17. The fourth-order valence-corrected chi connectivity index (χ4v) is 2.55. The first-order valence-corrected chi connectivity index (χ1v) is 6.55. The zero-order valence-electron chi connectivity index (χ0n) is 10.7. The fourth-order valence-electron chi connectivity index (χ4n) is 1.79. The Morgan fingerprint density at radius 1 is 0.909 bits per heavy atom. The SMILES string of the molecule is Cl.N[C@@H](c1cc(C(F)(F)F)cc(C(F)(F)F)c1)c1cccs1. The quantitative estimate of drug-likeness (QED) is 0.726. The predicted molar refractivity (Wildman–Crippen MR) is 74.0 cm³/mol. The van der Waals surface area contributed by atoms with Crippen molar-refractivity contribution in [1.29, 1.82) is 0 Å². The molecular formula is C13H10ClF6NS. The Bertz CT molecular complexity index is 588. The molecule has 0 aliphatic rings. The molecule has 0 aliphatic heterocycles. The lowest BCUT2D eigenvalue weighted by Crippen LogP contribution is -2.16. The molecule has 1 aromatic carbocycles. The van der Waals surface area contributed by atoms with Crippen molar-refractivity contribution in [3.05, 3.63) is 57.3 Å². The highest BCUT2D eigenvalue weighted by atomic mass is 35.5. The van der Waals surface area contributed by atoms with E-state index < -0.39 is 29.5 Å². The van der Waals surface area contributed by atoms with Crippen LogP contribution in [0.25, 0.3) is 0 Å². The molecule has 0 radical (unpaired) electrons. The number of halogens is 7. The van der Waals surface area contributed by atoms with Gasteiger partial charge in [0.25, 0.3) is 0 Å². The molecule has 0 unspecified atom stereocenters. The molecule has 9 heteroatoms. The summed E-state index contributed by atoms with van der Waals surface area (Å²) in [5, 5.41) is 1.65. The normalized spacial score (nSPS) is 13.6. The van der Waals surface area contributed by atoms with Crippen LogP contribution in [0.3, 0.4) is 0 Å². The van der Waals surface area contributed by atoms with Gasteiger partial charge in [-0.1, -0.05) is 6.07 Å². The molecule has 0 spiro atoms. The van der Waals surface area contributed by atoms with E-state index in [9.17, 15) is 26.3 Å². The summed E-state index contributed by atoms with van der Waals surface area (Å²) in [6.07, 6.45) is -9.74. The average molecular weight is 362 g/mol. The van der Waals surface area contributed by atoms with Gasteiger partial charge in [0.05, 0.1) is 17.2 Å². The van der Waals surface area contributed by atoms with E-state index in [0.29, 0.717) is 17.0 Å². The number of hydrogen-bond donors (Lipinski definition) is 1. The molecule has 2 N–H and O–H groups in total.